The number of aliphatic hydroxyl groups is 1. The van der Waals surface area contributed by atoms with Crippen molar-refractivity contribution < 1.29 is 5.11 Å². The van der Waals surface area contributed by atoms with Gasteiger partial charge in [0.1, 0.15) is 5.65 Å². The standard InChI is InChI=1S/C25H27ClN6O2/c1-16-5-3-6-22(30-16)17-7-8-19(21(26)14-17)20-13-18-15-29-25(27-2)31-23(18)32(24(20)34)11-4-9-28-10-12-33/h3,5-8,13-15,28,33H,4,9-12H2,1-2H3,(H,27,29,31). The van der Waals surface area contributed by atoms with Gasteiger partial charge >= 0.3 is 0 Å². The molecule has 0 bridgehead atoms. The van der Waals surface area contributed by atoms with Gasteiger partial charge in [0.2, 0.25) is 5.95 Å². The van der Waals surface area contributed by atoms with Crippen LogP contribution in [-0.2, 0) is 6.54 Å². The van der Waals surface area contributed by atoms with E-state index in [1.165, 1.54) is 0 Å². The van der Waals surface area contributed by atoms with Crippen LogP contribution in [0.1, 0.15) is 12.1 Å². The van der Waals surface area contributed by atoms with Crippen molar-refractivity contribution in [2.24, 2.45) is 0 Å². The lowest BCUT2D eigenvalue weighted by Gasteiger charge is -2.14. The molecule has 0 aliphatic rings. The van der Waals surface area contributed by atoms with Crippen LogP contribution >= 0.6 is 11.6 Å². The second kappa shape index (κ2) is 10.7. The number of halogens is 1. The maximum atomic E-state index is 13.6. The number of fused-ring (bicyclic) bond motifs is 1. The molecular weight excluding hydrogens is 452 g/mol. The molecule has 3 aromatic heterocycles. The van der Waals surface area contributed by atoms with E-state index in [-0.39, 0.29) is 12.2 Å². The highest BCUT2D eigenvalue weighted by molar-refractivity contribution is 6.33. The minimum Gasteiger partial charge on any atom is -0.395 e. The zero-order valence-corrected chi connectivity index (χ0v) is 19.9. The molecule has 0 saturated heterocycles. The summed E-state index contributed by atoms with van der Waals surface area (Å²) in [6.07, 6.45) is 2.40. The minimum atomic E-state index is -0.168. The van der Waals surface area contributed by atoms with Gasteiger partial charge in [0.25, 0.3) is 5.56 Å². The molecule has 1 aromatic carbocycles. The summed E-state index contributed by atoms with van der Waals surface area (Å²) in [6, 6.07) is 13.3. The van der Waals surface area contributed by atoms with Crippen molar-refractivity contribution in [3.63, 3.8) is 0 Å². The van der Waals surface area contributed by atoms with E-state index in [9.17, 15) is 4.79 Å². The summed E-state index contributed by atoms with van der Waals surface area (Å²) in [5.41, 5.74) is 4.17. The second-order valence-electron chi connectivity index (χ2n) is 7.92. The molecule has 0 fully saturated rings. The van der Waals surface area contributed by atoms with Crippen molar-refractivity contribution in [3.8, 4) is 22.4 Å². The highest BCUT2D eigenvalue weighted by atomic mass is 35.5. The van der Waals surface area contributed by atoms with Gasteiger partial charge in [0.05, 0.1) is 12.3 Å². The number of aliphatic hydroxyl groups excluding tert-OH is 1. The summed E-state index contributed by atoms with van der Waals surface area (Å²) in [4.78, 5) is 27.0. The Morgan fingerprint density at radius 3 is 2.68 bits per heavy atom. The number of aromatic nitrogens is 4. The number of hydrogen-bond donors (Lipinski definition) is 3. The number of nitrogens with zero attached hydrogens (tertiary/aromatic N) is 4. The highest BCUT2D eigenvalue weighted by Crippen LogP contribution is 2.31. The van der Waals surface area contributed by atoms with Crippen LogP contribution in [0.2, 0.25) is 5.02 Å². The Morgan fingerprint density at radius 1 is 1.09 bits per heavy atom. The molecule has 0 atom stereocenters. The lowest BCUT2D eigenvalue weighted by atomic mass is 10.0. The summed E-state index contributed by atoms with van der Waals surface area (Å²) in [7, 11) is 1.74. The van der Waals surface area contributed by atoms with E-state index in [2.05, 4.69) is 25.6 Å². The van der Waals surface area contributed by atoms with E-state index in [0.29, 0.717) is 53.8 Å². The largest absolute Gasteiger partial charge is 0.395 e. The molecule has 0 amide bonds. The maximum Gasteiger partial charge on any atom is 0.260 e. The second-order valence-corrected chi connectivity index (χ2v) is 8.33. The zero-order valence-electron chi connectivity index (χ0n) is 19.2. The van der Waals surface area contributed by atoms with Crippen LogP contribution in [0.15, 0.2) is 53.5 Å². The Labute approximate surface area is 202 Å². The Bertz CT molecular complexity index is 1370. The molecule has 176 valence electrons. The fourth-order valence-electron chi connectivity index (χ4n) is 3.84. The molecule has 3 heterocycles. The quantitative estimate of drug-likeness (QED) is 0.316. The predicted octanol–water partition coefficient (Wildman–Crippen LogP) is 3.50. The van der Waals surface area contributed by atoms with Gasteiger partial charge in [-0.1, -0.05) is 29.8 Å². The molecule has 8 nitrogen and oxygen atoms in total. The summed E-state index contributed by atoms with van der Waals surface area (Å²) >= 11 is 6.69. The molecule has 34 heavy (non-hydrogen) atoms. The third kappa shape index (κ3) is 5.09. The number of rotatable bonds is 9. The first-order valence-corrected chi connectivity index (χ1v) is 11.5. The van der Waals surface area contributed by atoms with E-state index < -0.39 is 0 Å². The molecule has 0 radical (unpaired) electrons. The fourth-order valence-corrected chi connectivity index (χ4v) is 4.13. The van der Waals surface area contributed by atoms with E-state index in [4.69, 9.17) is 16.7 Å². The number of hydrogen-bond acceptors (Lipinski definition) is 7. The molecular formula is C25H27ClN6O2. The van der Waals surface area contributed by atoms with Crippen molar-refractivity contribution in [2.45, 2.75) is 19.9 Å². The van der Waals surface area contributed by atoms with Crippen LogP contribution in [-0.4, -0.2) is 51.4 Å². The molecule has 3 N–H and O–H groups in total. The van der Waals surface area contributed by atoms with Gasteiger partial charge in [-0.25, -0.2) is 4.98 Å². The van der Waals surface area contributed by atoms with Gasteiger partial charge in [0, 0.05) is 59.1 Å². The highest BCUT2D eigenvalue weighted by Gasteiger charge is 2.16. The van der Waals surface area contributed by atoms with Gasteiger partial charge in [-0.2, -0.15) is 4.98 Å². The summed E-state index contributed by atoms with van der Waals surface area (Å²) in [5, 5.41) is 16.2. The number of benzene rings is 1. The lowest BCUT2D eigenvalue weighted by Crippen LogP contribution is -2.26. The van der Waals surface area contributed by atoms with Crippen LogP contribution in [0.5, 0.6) is 0 Å². The molecule has 4 rings (SSSR count). The Morgan fingerprint density at radius 2 is 1.94 bits per heavy atom. The molecule has 9 heteroatoms. The van der Waals surface area contributed by atoms with Gasteiger partial charge in [0.15, 0.2) is 0 Å². The van der Waals surface area contributed by atoms with Crippen molar-refractivity contribution in [2.75, 3.05) is 32.1 Å². The van der Waals surface area contributed by atoms with E-state index in [0.717, 1.165) is 22.3 Å². The van der Waals surface area contributed by atoms with E-state index in [1.807, 2.05) is 43.3 Å². The third-order valence-electron chi connectivity index (χ3n) is 5.52. The van der Waals surface area contributed by atoms with Crippen LogP contribution in [0.25, 0.3) is 33.4 Å². The van der Waals surface area contributed by atoms with Crippen LogP contribution in [0, 0.1) is 6.92 Å². The average molecular weight is 479 g/mol. The van der Waals surface area contributed by atoms with Gasteiger partial charge in [-0.3, -0.25) is 14.3 Å². The average Bonchev–Trinajstić information content (AvgIpc) is 2.84. The molecule has 0 spiro atoms. The predicted molar refractivity (Wildman–Crippen MR) is 136 cm³/mol. The first-order valence-electron chi connectivity index (χ1n) is 11.2. The topological polar surface area (TPSA) is 105 Å². The summed E-state index contributed by atoms with van der Waals surface area (Å²) < 4.78 is 1.67. The van der Waals surface area contributed by atoms with Gasteiger partial charge in [-0.05, 0) is 44.2 Å². The van der Waals surface area contributed by atoms with Gasteiger partial charge < -0.3 is 15.7 Å². The maximum absolute atomic E-state index is 13.6. The minimum absolute atomic E-state index is 0.0731. The number of nitrogens with one attached hydrogen (secondary N) is 2. The Hall–Kier alpha value is -3.33. The van der Waals surface area contributed by atoms with Crippen molar-refractivity contribution >= 4 is 28.6 Å². The lowest BCUT2D eigenvalue weighted by molar-refractivity contribution is 0.291. The monoisotopic (exact) mass is 478 g/mol. The van der Waals surface area contributed by atoms with Crippen LogP contribution in [0.3, 0.4) is 0 Å². The van der Waals surface area contributed by atoms with E-state index in [1.54, 1.807) is 23.9 Å². The van der Waals surface area contributed by atoms with Crippen molar-refractivity contribution in [3.05, 3.63) is 69.7 Å². The van der Waals surface area contributed by atoms with Crippen LogP contribution < -0.4 is 16.2 Å². The Balaban J connectivity index is 1.77. The first kappa shape index (κ1) is 23.8. The van der Waals surface area contributed by atoms with Crippen molar-refractivity contribution in [1.29, 1.82) is 0 Å². The SMILES string of the molecule is CNc1ncc2cc(-c3ccc(-c4cccc(C)n4)cc3Cl)c(=O)n(CCCNCCO)c2n1. The Kier molecular flexibility index (Phi) is 7.52. The third-order valence-corrected chi connectivity index (χ3v) is 5.83. The van der Waals surface area contributed by atoms with Crippen molar-refractivity contribution in [1.82, 2.24) is 24.8 Å². The molecule has 0 unspecified atom stereocenters. The number of pyridine rings is 2. The number of anilines is 1. The normalized spacial score (nSPS) is 11.2. The smallest absolute Gasteiger partial charge is 0.260 e. The van der Waals surface area contributed by atoms with Crippen LogP contribution in [0.4, 0.5) is 5.95 Å². The van der Waals surface area contributed by atoms with E-state index >= 15 is 0 Å². The number of aryl methyl sites for hydroxylation is 2. The summed E-state index contributed by atoms with van der Waals surface area (Å²) in [6.45, 7) is 3.66. The molecule has 0 aliphatic heterocycles. The zero-order chi connectivity index (χ0) is 24.1. The van der Waals surface area contributed by atoms with Gasteiger partial charge in [-0.15, -0.1) is 0 Å². The first-order chi connectivity index (χ1) is 16.5. The molecule has 0 saturated carbocycles. The molecule has 4 aromatic rings. The summed E-state index contributed by atoms with van der Waals surface area (Å²) in [5.74, 6) is 0.444. The molecule has 0 aliphatic carbocycles. The fraction of sp³-hybridized carbons (Fsp3) is 0.280.